The molecule has 1 aromatic rings. The van der Waals surface area contributed by atoms with Crippen molar-refractivity contribution in [2.75, 3.05) is 18.8 Å². The maximum atomic E-state index is 11.8. The van der Waals surface area contributed by atoms with Gasteiger partial charge in [-0.05, 0) is 26.0 Å². The molecule has 0 aromatic heterocycles. The van der Waals surface area contributed by atoms with Gasteiger partial charge in [0.1, 0.15) is 6.29 Å². The van der Waals surface area contributed by atoms with Gasteiger partial charge in [-0.3, -0.25) is 9.59 Å². The van der Waals surface area contributed by atoms with Crippen LogP contribution >= 0.6 is 11.8 Å². The number of hydrogen-bond acceptors (Lipinski definition) is 3. The van der Waals surface area contributed by atoms with Crippen LogP contribution in [0.3, 0.4) is 0 Å². The number of amides is 1. The van der Waals surface area contributed by atoms with E-state index >= 15 is 0 Å². The molecule has 0 aliphatic rings. The van der Waals surface area contributed by atoms with Gasteiger partial charge < -0.3 is 4.90 Å². The molecule has 3 nitrogen and oxygen atoms in total. The van der Waals surface area contributed by atoms with Crippen molar-refractivity contribution < 1.29 is 9.59 Å². The third-order valence-corrected chi connectivity index (χ3v) is 3.49. The zero-order chi connectivity index (χ0) is 12.7. The molecular weight excluding hydrogens is 234 g/mol. The first-order valence-electron chi connectivity index (χ1n) is 5.67. The Morgan fingerprint density at radius 3 is 2.29 bits per heavy atom. The van der Waals surface area contributed by atoms with Crippen LogP contribution in [0.5, 0.6) is 0 Å². The Bertz CT molecular complexity index is 372. The molecule has 4 heteroatoms. The molecule has 0 heterocycles. The molecule has 0 N–H and O–H groups in total. The summed E-state index contributed by atoms with van der Waals surface area (Å²) < 4.78 is 0. The summed E-state index contributed by atoms with van der Waals surface area (Å²) in [5.74, 6) is 0.599. The van der Waals surface area contributed by atoms with Crippen LogP contribution in [0, 0.1) is 0 Å². The van der Waals surface area contributed by atoms with Crippen molar-refractivity contribution in [1.29, 1.82) is 0 Å². The molecule has 1 aromatic carbocycles. The summed E-state index contributed by atoms with van der Waals surface area (Å²) in [6.07, 6.45) is 0.815. The van der Waals surface area contributed by atoms with Gasteiger partial charge in [0.05, 0.1) is 5.75 Å². The van der Waals surface area contributed by atoms with E-state index in [0.29, 0.717) is 11.3 Å². The number of carbonyl (C=O) groups excluding carboxylic acids is 2. The van der Waals surface area contributed by atoms with Crippen molar-refractivity contribution in [3.05, 3.63) is 29.8 Å². The summed E-state index contributed by atoms with van der Waals surface area (Å²) in [6.45, 7) is 5.45. The summed E-state index contributed by atoms with van der Waals surface area (Å²) >= 11 is 1.50. The van der Waals surface area contributed by atoms with Gasteiger partial charge in [-0.15, -0.1) is 11.8 Å². The highest BCUT2D eigenvalue weighted by Crippen LogP contribution is 2.18. The van der Waals surface area contributed by atoms with E-state index in [-0.39, 0.29) is 5.91 Å². The monoisotopic (exact) mass is 251 g/mol. The van der Waals surface area contributed by atoms with E-state index in [4.69, 9.17) is 0 Å². The van der Waals surface area contributed by atoms with Crippen LogP contribution in [0.1, 0.15) is 24.2 Å². The normalized spacial score (nSPS) is 10.0. The second kappa shape index (κ2) is 7.12. The molecule has 1 amide bonds. The number of carbonyl (C=O) groups is 2. The summed E-state index contributed by atoms with van der Waals surface area (Å²) in [7, 11) is 0. The molecule has 0 unspecified atom stereocenters. The number of aldehydes is 1. The average Bonchev–Trinajstić information content (AvgIpc) is 2.38. The van der Waals surface area contributed by atoms with Crippen LogP contribution < -0.4 is 0 Å². The van der Waals surface area contributed by atoms with Gasteiger partial charge in [0.2, 0.25) is 5.91 Å². The fourth-order valence-corrected chi connectivity index (χ4v) is 2.26. The number of hydrogen-bond donors (Lipinski definition) is 0. The fourth-order valence-electron chi connectivity index (χ4n) is 1.46. The lowest BCUT2D eigenvalue weighted by atomic mass is 10.2. The molecule has 1 rings (SSSR count). The third kappa shape index (κ3) is 4.23. The summed E-state index contributed by atoms with van der Waals surface area (Å²) in [4.78, 5) is 25.1. The minimum absolute atomic E-state index is 0.152. The highest BCUT2D eigenvalue weighted by molar-refractivity contribution is 8.00. The summed E-state index contributed by atoms with van der Waals surface area (Å²) in [6, 6.07) is 7.25. The Morgan fingerprint density at radius 1 is 1.24 bits per heavy atom. The molecule has 0 saturated heterocycles. The van der Waals surface area contributed by atoms with Crippen LogP contribution in [0.25, 0.3) is 0 Å². The highest BCUT2D eigenvalue weighted by Gasteiger charge is 2.09. The quantitative estimate of drug-likeness (QED) is 0.575. The Labute approximate surface area is 106 Å². The molecular formula is C13H17NO2S. The number of nitrogens with zero attached hydrogens (tertiary/aromatic N) is 1. The van der Waals surface area contributed by atoms with E-state index in [9.17, 15) is 9.59 Å². The lowest BCUT2D eigenvalue weighted by molar-refractivity contribution is -0.127. The van der Waals surface area contributed by atoms with Crippen molar-refractivity contribution in [3.8, 4) is 0 Å². The van der Waals surface area contributed by atoms with Gasteiger partial charge in [-0.2, -0.15) is 0 Å². The zero-order valence-corrected chi connectivity index (χ0v) is 11.0. The fraction of sp³-hybridized carbons (Fsp3) is 0.385. The summed E-state index contributed by atoms with van der Waals surface area (Å²) in [5.41, 5.74) is 0.657. The van der Waals surface area contributed by atoms with Crippen LogP contribution in [-0.4, -0.2) is 35.9 Å². The first-order chi connectivity index (χ1) is 8.21. The van der Waals surface area contributed by atoms with Crippen LogP contribution in [0.15, 0.2) is 29.2 Å². The second-order valence-corrected chi connectivity index (χ2v) is 4.59. The first kappa shape index (κ1) is 13.8. The lowest BCUT2D eigenvalue weighted by Gasteiger charge is -2.18. The molecule has 0 atom stereocenters. The topological polar surface area (TPSA) is 37.4 Å². The Kier molecular flexibility index (Phi) is 5.77. The zero-order valence-electron chi connectivity index (χ0n) is 10.2. The van der Waals surface area contributed by atoms with Gasteiger partial charge in [0, 0.05) is 23.5 Å². The lowest BCUT2D eigenvalue weighted by Crippen LogP contribution is -2.31. The standard InChI is InChI=1S/C13H17NO2S/c1-3-14(4-2)13(16)10-17-12-7-5-11(9-15)6-8-12/h5-9H,3-4,10H2,1-2H3. The second-order valence-electron chi connectivity index (χ2n) is 3.54. The van der Waals surface area contributed by atoms with Crippen LogP contribution in [-0.2, 0) is 4.79 Å². The predicted octanol–water partition coefficient (Wildman–Crippen LogP) is 2.46. The SMILES string of the molecule is CCN(CC)C(=O)CSc1ccc(C=O)cc1. The van der Waals surface area contributed by atoms with Crippen molar-refractivity contribution in [2.45, 2.75) is 18.7 Å². The molecule has 0 aliphatic heterocycles. The number of thioether (sulfide) groups is 1. The van der Waals surface area contributed by atoms with Gasteiger partial charge in [-0.25, -0.2) is 0 Å². The number of benzene rings is 1. The molecule has 92 valence electrons. The van der Waals surface area contributed by atoms with Crippen molar-refractivity contribution in [2.24, 2.45) is 0 Å². The molecule has 0 aliphatic carbocycles. The van der Waals surface area contributed by atoms with E-state index in [0.717, 1.165) is 24.3 Å². The van der Waals surface area contributed by atoms with Crippen LogP contribution in [0.2, 0.25) is 0 Å². The molecule has 0 bridgehead atoms. The smallest absolute Gasteiger partial charge is 0.232 e. The molecule has 0 spiro atoms. The number of rotatable bonds is 6. The Balaban J connectivity index is 2.49. The van der Waals surface area contributed by atoms with Gasteiger partial charge in [0.25, 0.3) is 0 Å². The largest absolute Gasteiger partial charge is 0.343 e. The molecule has 17 heavy (non-hydrogen) atoms. The van der Waals surface area contributed by atoms with Gasteiger partial charge >= 0.3 is 0 Å². The average molecular weight is 251 g/mol. The van der Waals surface area contributed by atoms with Gasteiger partial charge in [0.15, 0.2) is 0 Å². The van der Waals surface area contributed by atoms with Crippen molar-refractivity contribution in [3.63, 3.8) is 0 Å². The predicted molar refractivity (Wildman–Crippen MR) is 70.5 cm³/mol. The first-order valence-corrected chi connectivity index (χ1v) is 6.65. The van der Waals surface area contributed by atoms with E-state index in [1.165, 1.54) is 11.8 Å². The minimum atomic E-state index is 0.152. The Hall–Kier alpha value is -1.29. The van der Waals surface area contributed by atoms with Crippen LogP contribution in [0.4, 0.5) is 0 Å². The maximum Gasteiger partial charge on any atom is 0.232 e. The third-order valence-electron chi connectivity index (χ3n) is 2.49. The summed E-state index contributed by atoms with van der Waals surface area (Å²) in [5, 5.41) is 0. The van der Waals surface area contributed by atoms with E-state index < -0.39 is 0 Å². The van der Waals surface area contributed by atoms with E-state index in [1.54, 1.807) is 12.1 Å². The minimum Gasteiger partial charge on any atom is -0.343 e. The Morgan fingerprint density at radius 2 is 1.82 bits per heavy atom. The maximum absolute atomic E-state index is 11.8. The van der Waals surface area contributed by atoms with Crippen molar-refractivity contribution >= 4 is 24.0 Å². The molecule has 0 saturated carbocycles. The van der Waals surface area contributed by atoms with Crippen molar-refractivity contribution in [1.82, 2.24) is 4.90 Å². The van der Waals surface area contributed by atoms with E-state index in [2.05, 4.69) is 0 Å². The highest BCUT2D eigenvalue weighted by atomic mass is 32.2. The van der Waals surface area contributed by atoms with E-state index in [1.807, 2.05) is 30.9 Å². The molecule has 0 fully saturated rings. The molecule has 0 radical (unpaired) electrons. The van der Waals surface area contributed by atoms with Gasteiger partial charge in [-0.1, -0.05) is 12.1 Å².